The molecule has 0 aromatic heterocycles. The third-order valence-corrected chi connectivity index (χ3v) is 4.54. The second-order valence-electron chi connectivity index (χ2n) is 5.03. The van der Waals surface area contributed by atoms with Crippen molar-refractivity contribution >= 4 is 58.4 Å². The molecule has 0 atom stereocenters. The van der Waals surface area contributed by atoms with Crippen LogP contribution in [-0.2, 0) is 9.59 Å². The fourth-order valence-corrected chi connectivity index (χ4v) is 2.81. The van der Waals surface area contributed by atoms with Crippen molar-refractivity contribution in [2.24, 2.45) is 0 Å². The second kappa shape index (κ2) is 10.1. The van der Waals surface area contributed by atoms with Gasteiger partial charge in [-0.25, -0.2) is 0 Å². The minimum absolute atomic E-state index is 0.0108. The van der Waals surface area contributed by atoms with Gasteiger partial charge in [-0.05, 0) is 36.4 Å². The number of nitrogens with one attached hydrogen (secondary N) is 3. The largest absolute Gasteiger partial charge is 0.325 e. The summed E-state index contributed by atoms with van der Waals surface area (Å²) in [5.74, 6) is -1.10. The lowest BCUT2D eigenvalue weighted by Crippen LogP contribution is -2.42. The van der Waals surface area contributed by atoms with E-state index in [2.05, 4.69) is 16.2 Å². The molecular weight excluding hydrogens is 397 g/mol. The Morgan fingerprint density at radius 1 is 0.846 bits per heavy atom. The zero-order valence-corrected chi connectivity index (χ0v) is 15.8. The molecule has 0 bridgehead atoms. The molecule has 2 aromatic rings. The van der Waals surface area contributed by atoms with Crippen molar-refractivity contribution in [1.82, 2.24) is 10.9 Å². The van der Waals surface area contributed by atoms with Crippen LogP contribution in [0.5, 0.6) is 0 Å². The lowest BCUT2D eigenvalue weighted by molar-refractivity contribution is -0.119. The monoisotopic (exact) mass is 411 g/mol. The first kappa shape index (κ1) is 20.1. The van der Waals surface area contributed by atoms with Crippen molar-refractivity contribution in [3.05, 3.63) is 64.1 Å². The van der Waals surface area contributed by atoms with Crippen LogP contribution in [0.25, 0.3) is 0 Å². The maximum absolute atomic E-state index is 11.9. The number of hydrogen-bond donors (Lipinski definition) is 3. The van der Waals surface area contributed by atoms with Crippen molar-refractivity contribution < 1.29 is 14.4 Å². The van der Waals surface area contributed by atoms with Crippen LogP contribution in [0.3, 0.4) is 0 Å². The molecule has 26 heavy (non-hydrogen) atoms. The number of carbonyl (C=O) groups is 3. The first-order valence-corrected chi connectivity index (χ1v) is 9.33. The molecule has 0 aliphatic heterocycles. The van der Waals surface area contributed by atoms with Crippen molar-refractivity contribution in [3.8, 4) is 0 Å². The third-order valence-electron chi connectivity index (χ3n) is 3.03. The van der Waals surface area contributed by atoms with Crippen molar-refractivity contribution in [2.45, 2.75) is 0 Å². The molecule has 0 aliphatic rings. The number of rotatable bonds is 6. The Bertz CT molecular complexity index is 800. The molecule has 0 saturated heterocycles. The van der Waals surface area contributed by atoms with Gasteiger partial charge in [0.2, 0.25) is 11.8 Å². The number of carbonyl (C=O) groups excluding carboxylic acids is 3. The molecule has 0 saturated carbocycles. The molecule has 136 valence electrons. The zero-order chi connectivity index (χ0) is 18.9. The highest BCUT2D eigenvalue weighted by atomic mass is 35.5. The summed E-state index contributed by atoms with van der Waals surface area (Å²) in [5, 5.41) is 3.55. The van der Waals surface area contributed by atoms with Gasteiger partial charge < -0.3 is 5.32 Å². The highest BCUT2D eigenvalue weighted by Crippen LogP contribution is 2.15. The number of hydrogen-bond acceptors (Lipinski definition) is 4. The molecule has 0 heterocycles. The quantitative estimate of drug-likeness (QED) is 0.637. The maximum Gasteiger partial charge on any atom is 0.271 e. The number of amides is 3. The van der Waals surface area contributed by atoms with E-state index in [0.717, 1.165) is 11.8 Å². The van der Waals surface area contributed by atoms with E-state index < -0.39 is 11.8 Å². The Kier molecular flexibility index (Phi) is 7.77. The predicted octanol–water partition coefficient (Wildman–Crippen LogP) is 3.13. The van der Waals surface area contributed by atoms with Crippen molar-refractivity contribution in [1.29, 1.82) is 0 Å². The van der Waals surface area contributed by atoms with Crippen LogP contribution in [0.4, 0.5) is 5.69 Å². The first-order valence-electron chi connectivity index (χ1n) is 7.42. The van der Waals surface area contributed by atoms with Crippen LogP contribution in [0.1, 0.15) is 10.4 Å². The second-order valence-corrected chi connectivity index (χ2v) is 6.86. The number of anilines is 1. The molecule has 3 N–H and O–H groups in total. The van der Waals surface area contributed by atoms with E-state index in [1.54, 1.807) is 48.5 Å². The average Bonchev–Trinajstić information content (AvgIpc) is 2.62. The summed E-state index contributed by atoms with van der Waals surface area (Å²) in [4.78, 5) is 35.4. The van der Waals surface area contributed by atoms with Crippen LogP contribution < -0.4 is 16.2 Å². The summed E-state index contributed by atoms with van der Waals surface area (Å²) < 4.78 is 0. The SMILES string of the molecule is O=C(CSCC(=O)Nc1ccc(Cl)cc1)NNC(=O)c1ccccc1Cl. The van der Waals surface area contributed by atoms with E-state index in [-0.39, 0.29) is 28.0 Å². The Balaban J connectivity index is 1.67. The van der Waals surface area contributed by atoms with Gasteiger partial charge in [-0.2, -0.15) is 0 Å². The molecule has 6 nitrogen and oxygen atoms in total. The molecule has 0 unspecified atom stereocenters. The fourth-order valence-electron chi connectivity index (χ4n) is 1.84. The molecule has 0 aliphatic carbocycles. The third kappa shape index (κ3) is 6.59. The molecule has 0 fully saturated rings. The van der Waals surface area contributed by atoms with Gasteiger partial charge in [-0.15, -0.1) is 11.8 Å². The van der Waals surface area contributed by atoms with Gasteiger partial charge in [-0.1, -0.05) is 35.3 Å². The molecular formula is C17H15Cl2N3O3S. The topological polar surface area (TPSA) is 87.3 Å². The highest BCUT2D eigenvalue weighted by Gasteiger charge is 2.11. The first-order chi connectivity index (χ1) is 12.5. The van der Waals surface area contributed by atoms with E-state index in [1.807, 2.05) is 0 Å². The van der Waals surface area contributed by atoms with Crippen LogP contribution in [-0.4, -0.2) is 29.2 Å². The molecule has 0 spiro atoms. The van der Waals surface area contributed by atoms with E-state index in [0.29, 0.717) is 10.7 Å². The van der Waals surface area contributed by atoms with Gasteiger partial charge in [0.25, 0.3) is 5.91 Å². The lowest BCUT2D eigenvalue weighted by atomic mass is 10.2. The standard InChI is InChI=1S/C17H15Cl2N3O3S/c18-11-5-7-12(8-6-11)20-15(23)9-26-10-16(24)21-22-17(25)13-3-1-2-4-14(13)19/h1-8H,9-10H2,(H,20,23)(H,21,24)(H,22,25). The van der Waals surface area contributed by atoms with Crippen molar-refractivity contribution in [3.63, 3.8) is 0 Å². The summed E-state index contributed by atoms with van der Waals surface area (Å²) in [6.45, 7) is 0. The van der Waals surface area contributed by atoms with Gasteiger partial charge in [0.1, 0.15) is 0 Å². The number of hydrazine groups is 1. The molecule has 9 heteroatoms. The van der Waals surface area contributed by atoms with Gasteiger partial charge in [0, 0.05) is 10.7 Å². The summed E-state index contributed by atoms with van der Waals surface area (Å²) in [6, 6.07) is 13.2. The Labute approximate surface area is 164 Å². The summed E-state index contributed by atoms with van der Waals surface area (Å²) in [5.41, 5.74) is 5.42. The Morgan fingerprint density at radius 3 is 2.19 bits per heavy atom. The summed E-state index contributed by atoms with van der Waals surface area (Å²) in [6.07, 6.45) is 0. The highest BCUT2D eigenvalue weighted by molar-refractivity contribution is 8.00. The Hall–Kier alpha value is -2.22. The van der Waals surface area contributed by atoms with Crippen LogP contribution in [0.2, 0.25) is 10.0 Å². The molecule has 0 radical (unpaired) electrons. The van der Waals surface area contributed by atoms with Crippen molar-refractivity contribution in [2.75, 3.05) is 16.8 Å². The lowest BCUT2D eigenvalue weighted by Gasteiger charge is -2.08. The van der Waals surface area contributed by atoms with Gasteiger partial charge in [0.15, 0.2) is 0 Å². The zero-order valence-electron chi connectivity index (χ0n) is 13.4. The predicted molar refractivity (Wildman–Crippen MR) is 104 cm³/mol. The van der Waals surface area contributed by atoms with Crippen LogP contribution >= 0.6 is 35.0 Å². The summed E-state index contributed by atoms with van der Waals surface area (Å²) >= 11 is 12.8. The van der Waals surface area contributed by atoms with Gasteiger partial charge in [-0.3, -0.25) is 25.2 Å². The number of benzene rings is 2. The Morgan fingerprint density at radius 2 is 1.50 bits per heavy atom. The van der Waals surface area contributed by atoms with E-state index in [1.165, 1.54) is 0 Å². The average molecular weight is 412 g/mol. The van der Waals surface area contributed by atoms with Gasteiger partial charge >= 0.3 is 0 Å². The van der Waals surface area contributed by atoms with Gasteiger partial charge in [0.05, 0.1) is 22.1 Å². The number of halogens is 2. The van der Waals surface area contributed by atoms with Crippen LogP contribution in [0, 0.1) is 0 Å². The minimum Gasteiger partial charge on any atom is -0.325 e. The van der Waals surface area contributed by atoms with Crippen LogP contribution in [0.15, 0.2) is 48.5 Å². The summed E-state index contributed by atoms with van der Waals surface area (Å²) in [7, 11) is 0. The van der Waals surface area contributed by atoms with E-state index in [9.17, 15) is 14.4 Å². The molecule has 3 amide bonds. The molecule has 2 aromatic carbocycles. The minimum atomic E-state index is -0.519. The smallest absolute Gasteiger partial charge is 0.271 e. The fraction of sp³-hybridized carbons (Fsp3) is 0.118. The number of thioether (sulfide) groups is 1. The normalized spacial score (nSPS) is 10.1. The van der Waals surface area contributed by atoms with E-state index >= 15 is 0 Å². The van der Waals surface area contributed by atoms with E-state index in [4.69, 9.17) is 23.2 Å². The molecule has 2 rings (SSSR count). The maximum atomic E-state index is 11.9.